The van der Waals surface area contributed by atoms with Crippen molar-refractivity contribution in [2.75, 3.05) is 18.6 Å². The molecule has 4 aromatic rings. The first-order valence-electron chi connectivity index (χ1n) is 12.7. The fourth-order valence-corrected chi connectivity index (χ4v) is 6.11. The van der Waals surface area contributed by atoms with Crippen molar-refractivity contribution in [1.29, 1.82) is 0 Å². The zero-order valence-electron chi connectivity index (χ0n) is 21.1. The molecule has 2 aromatic carbocycles. The van der Waals surface area contributed by atoms with Crippen LogP contribution in [0.2, 0.25) is 0 Å². The first kappa shape index (κ1) is 23.9. The normalized spacial score (nSPS) is 21.3. The van der Waals surface area contributed by atoms with Gasteiger partial charge in [0, 0.05) is 42.7 Å². The van der Waals surface area contributed by atoms with Crippen molar-refractivity contribution < 1.29 is 22.4 Å². The molecule has 3 heterocycles. The van der Waals surface area contributed by atoms with Crippen LogP contribution in [0.25, 0.3) is 22.2 Å². The first-order valence-corrected chi connectivity index (χ1v) is 12.7. The molecule has 9 heteroatoms. The molecule has 2 atom stereocenters. The van der Waals surface area contributed by atoms with Gasteiger partial charge in [-0.25, -0.2) is 18.2 Å². The van der Waals surface area contributed by atoms with Gasteiger partial charge in [0.1, 0.15) is 11.6 Å². The molecule has 1 saturated carbocycles. The van der Waals surface area contributed by atoms with Crippen LogP contribution in [0.3, 0.4) is 0 Å². The van der Waals surface area contributed by atoms with Crippen LogP contribution in [0.15, 0.2) is 40.9 Å². The SMILES string of the molecule is COc1ccc(N2CCC[C@H]2c2nc3cc(-c4c(C)noc4C)ccc3n2[C@@H]2CCC(F)(F)C2)cc1F. The number of aromatic nitrogens is 3. The van der Waals surface area contributed by atoms with Gasteiger partial charge in [0.15, 0.2) is 11.6 Å². The summed E-state index contributed by atoms with van der Waals surface area (Å²) in [5.41, 5.74) is 4.94. The molecule has 0 bridgehead atoms. The second-order valence-electron chi connectivity index (χ2n) is 10.2. The predicted molar refractivity (Wildman–Crippen MR) is 135 cm³/mol. The number of nitrogens with zero attached hydrogens (tertiary/aromatic N) is 4. The maximum absolute atomic E-state index is 14.6. The molecule has 0 unspecified atom stereocenters. The number of alkyl halides is 2. The Bertz CT molecular complexity index is 1460. The molecular weight excluding hydrogens is 481 g/mol. The van der Waals surface area contributed by atoms with Gasteiger partial charge in [-0.1, -0.05) is 11.2 Å². The summed E-state index contributed by atoms with van der Waals surface area (Å²) in [6, 6.07) is 10.4. The topological polar surface area (TPSA) is 56.3 Å². The van der Waals surface area contributed by atoms with E-state index in [1.807, 2.05) is 42.7 Å². The number of hydrogen-bond donors (Lipinski definition) is 0. The maximum atomic E-state index is 14.6. The average molecular weight is 511 g/mol. The van der Waals surface area contributed by atoms with Gasteiger partial charge in [0.2, 0.25) is 5.92 Å². The van der Waals surface area contributed by atoms with Crippen molar-refractivity contribution in [3.63, 3.8) is 0 Å². The van der Waals surface area contributed by atoms with Crippen molar-refractivity contribution in [2.45, 2.75) is 64.0 Å². The standard InChI is InChI=1S/C28H29F3N4O2/c1-16-26(17(2)37-33-16)18-6-8-23-22(13-18)32-27(35(23)20-10-11-28(30,31)15-20)24-5-4-12-34(24)19-7-9-25(36-3)21(29)14-19/h6-9,13-14,20,24H,4-5,10-12,15H2,1-3H3/t20-,24+/m1/s1. The van der Waals surface area contributed by atoms with E-state index in [0.29, 0.717) is 6.42 Å². The molecule has 2 aliphatic rings. The molecular formula is C28H29F3N4O2. The van der Waals surface area contributed by atoms with Gasteiger partial charge >= 0.3 is 0 Å². The summed E-state index contributed by atoms with van der Waals surface area (Å²) in [6.07, 6.45) is 1.75. The molecule has 0 spiro atoms. The molecule has 0 amide bonds. The van der Waals surface area contributed by atoms with Gasteiger partial charge in [0.05, 0.1) is 29.9 Å². The number of ether oxygens (including phenoxy) is 1. The molecule has 1 aliphatic heterocycles. The van der Waals surface area contributed by atoms with E-state index in [0.717, 1.165) is 64.5 Å². The Morgan fingerprint density at radius 1 is 1.11 bits per heavy atom. The maximum Gasteiger partial charge on any atom is 0.250 e. The quantitative estimate of drug-likeness (QED) is 0.285. The largest absolute Gasteiger partial charge is 0.494 e. The third-order valence-electron chi connectivity index (χ3n) is 7.80. The van der Waals surface area contributed by atoms with E-state index in [1.165, 1.54) is 13.2 Å². The molecule has 0 radical (unpaired) electrons. The van der Waals surface area contributed by atoms with Crippen LogP contribution in [0.1, 0.15) is 61.5 Å². The summed E-state index contributed by atoms with van der Waals surface area (Å²) in [7, 11) is 1.44. The zero-order chi connectivity index (χ0) is 25.9. The number of methoxy groups -OCH3 is 1. The lowest BCUT2D eigenvalue weighted by Gasteiger charge is -2.29. The molecule has 37 heavy (non-hydrogen) atoms. The van der Waals surface area contributed by atoms with Crippen LogP contribution in [0.4, 0.5) is 18.9 Å². The number of benzene rings is 2. The van der Waals surface area contributed by atoms with Gasteiger partial charge in [0.25, 0.3) is 0 Å². The minimum absolute atomic E-state index is 0.133. The van der Waals surface area contributed by atoms with Gasteiger partial charge < -0.3 is 18.7 Å². The minimum Gasteiger partial charge on any atom is -0.494 e. The van der Waals surface area contributed by atoms with E-state index in [2.05, 4.69) is 10.1 Å². The summed E-state index contributed by atoms with van der Waals surface area (Å²) < 4.78 is 55.8. The van der Waals surface area contributed by atoms with Gasteiger partial charge in [-0.15, -0.1) is 0 Å². The summed E-state index contributed by atoms with van der Waals surface area (Å²) in [5.74, 6) is -1.47. The smallest absolute Gasteiger partial charge is 0.250 e. The third kappa shape index (κ3) is 4.04. The predicted octanol–water partition coefficient (Wildman–Crippen LogP) is 7.16. The Morgan fingerprint density at radius 2 is 1.95 bits per heavy atom. The van der Waals surface area contributed by atoms with Crippen LogP contribution in [-0.2, 0) is 0 Å². The summed E-state index contributed by atoms with van der Waals surface area (Å²) in [5, 5.41) is 4.07. The second kappa shape index (κ2) is 8.82. The molecule has 6 rings (SSSR count). The number of hydrogen-bond acceptors (Lipinski definition) is 5. The highest BCUT2D eigenvalue weighted by molar-refractivity contribution is 5.84. The molecule has 6 nitrogen and oxygen atoms in total. The van der Waals surface area contributed by atoms with Crippen LogP contribution in [-0.4, -0.2) is 34.3 Å². The van der Waals surface area contributed by atoms with Crippen molar-refractivity contribution >= 4 is 16.7 Å². The van der Waals surface area contributed by atoms with Gasteiger partial charge in [-0.2, -0.15) is 0 Å². The highest BCUT2D eigenvalue weighted by Gasteiger charge is 2.43. The van der Waals surface area contributed by atoms with Crippen molar-refractivity contribution in [3.05, 3.63) is 59.5 Å². The number of fused-ring (bicyclic) bond motifs is 1. The highest BCUT2D eigenvalue weighted by atomic mass is 19.3. The summed E-state index contributed by atoms with van der Waals surface area (Å²) in [4.78, 5) is 7.18. The molecule has 2 fully saturated rings. The van der Waals surface area contributed by atoms with Crippen molar-refractivity contribution in [2.24, 2.45) is 0 Å². The van der Waals surface area contributed by atoms with E-state index in [4.69, 9.17) is 14.2 Å². The molecule has 1 aliphatic carbocycles. The lowest BCUT2D eigenvalue weighted by atomic mass is 10.0. The van der Waals surface area contributed by atoms with Crippen molar-refractivity contribution in [3.8, 4) is 16.9 Å². The van der Waals surface area contributed by atoms with Crippen LogP contribution >= 0.6 is 0 Å². The van der Waals surface area contributed by atoms with Crippen molar-refractivity contribution in [1.82, 2.24) is 14.7 Å². The van der Waals surface area contributed by atoms with E-state index in [1.54, 1.807) is 6.07 Å². The molecule has 0 N–H and O–H groups in total. The molecule has 194 valence electrons. The summed E-state index contributed by atoms with van der Waals surface area (Å²) in [6.45, 7) is 4.49. The number of aryl methyl sites for hydroxylation is 2. The Hall–Kier alpha value is -3.49. The Labute approximate surface area is 213 Å². The Morgan fingerprint density at radius 3 is 2.62 bits per heavy atom. The summed E-state index contributed by atoms with van der Waals surface area (Å²) >= 11 is 0. The third-order valence-corrected chi connectivity index (χ3v) is 7.80. The fourth-order valence-electron chi connectivity index (χ4n) is 6.11. The fraction of sp³-hybridized carbons (Fsp3) is 0.429. The number of anilines is 1. The average Bonchev–Trinajstić information content (AvgIpc) is 3.63. The van der Waals surface area contributed by atoms with Crippen LogP contribution in [0.5, 0.6) is 5.75 Å². The van der Waals surface area contributed by atoms with E-state index in [9.17, 15) is 13.2 Å². The van der Waals surface area contributed by atoms with E-state index >= 15 is 0 Å². The Kier molecular flexibility index (Phi) is 5.69. The molecule has 1 saturated heterocycles. The van der Waals surface area contributed by atoms with E-state index < -0.39 is 11.7 Å². The minimum atomic E-state index is -2.69. The lowest BCUT2D eigenvalue weighted by molar-refractivity contribution is 0.00566. The monoisotopic (exact) mass is 510 g/mol. The van der Waals surface area contributed by atoms with E-state index in [-0.39, 0.29) is 30.7 Å². The lowest BCUT2D eigenvalue weighted by Crippen LogP contribution is -2.26. The van der Waals surface area contributed by atoms with Crippen LogP contribution in [0, 0.1) is 19.7 Å². The number of rotatable bonds is 5. The Balaban J connectivity index is 1.48. The first-order chi connectivity index (χ1) is 17.8. The zero-order valence-corrected chi connectivity index (χ0v) is 21.1. The van der Waals surface area contributed by atoms with Crippen LogP contribution < -0.4 is 9.64 Å². The van der Waals surface area contributed by atoms with Gasteiger partial charge in [-0.3, -0.25) is 0 Å². The van der Waals surface area contributed by atoms with Gasteiger partial charge in [-0.05, 0) is 62.9 Å². The number of halogens is 3. The second-order valence-corrected chi connectivity index (χ2v) is 10.2. The number of imidazole rings is 1. The molecule has 2 aromatic heterocycles. The highest BCUT2D eigenvalue weighted by Crippen LogP contribution is 2.46.